The third-order valence-electron chi connectivity index (χ3n) is 4.71. The van der Waals surface area contributed by atoms with Gasteiger partial charge in [-0.15, -0.1) is 0 Å². The smallest absolute Gasteiger partial charge is 0.408 e. The van der Waals surface area contributed by atoms with Gasteiger partial charge in [-0.25, -0.2) is 4.79 Å². The van der Waals surface area contributed by atoms with Crippen LogP contribution in [0, 0.1) is 0 Å². The lowest BCUT2D eigenvalue weighted by Crippen LogP contribution is -2.58. The maximum Gasteiger partial charge on any atom is 0.408 e. The Kier molecular flexibility index (Phi) is 6.45. The zero-order valence-corrected chi connectivity index (χ0v) is 15.7. The van der Waals surface area contributed by atoms with Gasteiger partial charge in [0.15, 0.2) is 0 Å². The summed E-state index contributed by atoms with van der Waals surface area (Å²) in [5.74, 6) is -0.257. The molecule has 0 saturated heterocycles. The Bertz CT molecular complexity index is 619. The van der Waals surface area contributed by atoms with Crippen molar-refractivity contribution in [2.45, 2.75) is 76.9 Å². The molecule has 1 saturated carbocycles. The fourth-order valence-corrected chi connectivity index (χ4v) is 3.47. The predicted octanol–water partition coefficient (Wildman–Crippen LogP) is 2.93. The van der Waals surface area contributed by atoms with Crippen molar-refractivity contribution in [2.75, 3.05) is 0 Å². The molecule has 2 rings (SSSR count). The molecule has 0 spiro atoms. The van der Waals surface area contributed by atoms with E-state index in [1.54, 1.807) is 26.8 Å². The van der Waals surface area contributed by atoms with Crippen molar-refractivity contribution in [2.24, 2.45) is 0 Å². The van der Waals surface area contributed by atoms with Crippen LogP contribution in [0.5, 0.6) is 5.75 Å². The standard InChI is InChI=1S/C19H29N3O4/c1-19(2,3)22(18(25)26)16(11-14-9-10-15(23)12-20-14)17(24)21-13-7-5-4-6-8-13/h9-10,12-13,16,23H,4-8,11H2,1-3H3,(H,21,24)(H,25,26). The van der Waals surface area contributed by atoms with Gasteiger partial charge in [-0.2, -0.15) is 0 Å². The van der Waals surface area contributed by atoms with Gasteiger partial charge in [0.25, 0.3) is 0 Å². The first-order chi connectivity index (χ1) is 12.2. The van der Waals surface area contributed by atoms with Gasteiger partial charge in [0, 0.05) is 23.7 Å². The molecule has 1 fully saturated rings. The number of amides is 2. The molecular weight excluding hydrogens is 334 g/mol. The molecule has 0 bridgehead atoms. The lowest BCUT2D eigenvalue weighted by molar-refractivity contribution is -0.128. The third kappa shape index (κ3) is 5.34. The van der Waals surface area contributed by atoms with Gasteiger partial charge in [0.2, 0.25) is 5.91 Å². The highest BCUT2D eigenvalue weighted by atomic mass is 16.4. The number of carboxylic acid groups (broad SMARTS) is 1. The number of hydrogen-bond donors (Lipinski definition) is 3. The quantitative estimate of drug-likeness (QED) is 0.746. The number of carbonyl (C=O) groups is 2. The Morgan fingerprint density at radius 3 is 2.42 bits per heavy atom. The van der Waals surface area contributed by atoms with Crippen molar-refractivity contribution in [1.29, 1.82) is 0 Å². The molecule has 1 heterocycles. The average molecular weight is 363 g/mol. The van der Waals surface area contributed by atoms with E-state index in [2.05, 4.69) is 10.3 Å². The van der Waals surface area contributed by atoms with Crippen molar-refractivity contribution in [1.82, 2.24) is 15.2 Å². The second-order valence-corrected chi connectivity index (χ2v) is 7.89. The van der Waals surface area contributed by atoms with E-state index in [1.165, 1.54) is 23.6 Å². The van der Waals surface area contributed by atoms with Crippen LogP contribution in [-0.2, 0) is 11.2 Å². The van der Waals surface area contributed by atoms with Gasteiger partial charge in [-0.3, -0.25) is 14.7 Å². The minimum atomic E-state index is -1.14. The maximum absolute atomic E-state index is 13.0. The molecule has 144 valence electrons. The van der Waals surface area contributed by atoms with Crippen LogP contribution in [0.4, 0.5) is 4.79 Å². The van der Waals surface area contributed by atoms with E-state index in [0.717, 1.165) is 25.7 Å². The molecule has 1 aromatic rings. The number of aromatic nitrogens is 1. The Morgan fingerprint density at radius 1 is 1.27 bits per heavy atom. The Morgan fingerprint density at radius 2 is 1.92 bits per heavy atom. The first-order valence-corrected chi connectivity index (χ1v) is 9.15. The number of aromatic hydroxyl groups is 1. The van der Waals surface area contributed by atoms with E-state index in [0.29, 0.717) is 5.69 Å². The minimum Gasteiger partial charge on any atom is -0.506 e. The van der Waals surface area contributed by atoms with Gasteiger partial charge in [-0.05, 0) is 45.7 Å². The highest BCUT2D eigenvalue weighted by Gasteiger charge is 2.38. The molecule has 7 heteroatoms. The van der Waals surface area contributed by atoms with Crippen LogP contribution >= 0.6 is 0 Å². The molecule has 7 nitrogen and oxygen atoms in total. The fraction of sp³-hybridized carbons (Fsp3) is 0.632. The van der Waals surface area contributed by atoms with Gasteiger partial charge in [0.1, 0.15) is 11.8 Å². The normalized spacial score (nSPS) is 16.7. The van der Waals surface area contributed by atoms with E-state index < -0.39 is 17.7 Å². The predicted molar refractivity (Wildman–Crippen MR) is 98.0 cm³/mol. The number of rotatable bonds is 5. The highest BCUT2D eigenvalue weighted by molar-refractivity contribution is 5.86. The second kappa shape index (κ2) is 8.38. The summed E-state index contributed by atoms with van der Waals surface area (Å²) in [5, 5.41) is 22.2. The Balaban J connectivity index is 2.25. The molecule has 0 aromatic carbocycles. The van der Waals surface area contributed by atoms with E-state index >= 15 is 0 Å². The summed E-state index contributed by atoms with van der Waals surface area (Å²) in [6.07, 6.45) is 5.51. The van der Waals surface area contributed by atoms with Crippen LogP contribution in [0.15, 0.2) is 18.3 Å². The topological polar surface area (TPSA) is 103 Å². The first kappa shape index (κ1) is 20.0. The molecule has 1 aromatic heterocycles. The zero-order chi connectivity index (χ0) is 19.3. The van der Waals surface area contributed by atoms with Crippen LogP contribution < -0.4 is 5.32 Å². The molecule has 3 N–H and O–H groups in total. The zero-order valence-electron chi connectivity index (χ0n) is 15.7. The van der Waals surface area contributed by atoms with Gasteiger partial charge in [-0.1, -0.05) is 19.3 Å². The monoisotopic (exact) mass is 363 g/mol. The highest BCUT2D eigenvalue weighted by Crippen LogP contribution is 2.22. The number of nitrogens with zero attached hydrogens (tertiary/aromatic N) is 2. The van der Waals surface area contributed by atoms with Crippen molar-refractivity contribution in [3.63, 3.8) is 0 Å². The number of nitrogens with one attached hydrogen (secondary N) is 1. The molecule has 2 amide bonds. The largest absolute Gasteiger partial charge is 0.506 e. The number of carbonyl (C=O) groups excluding carboxylic acids is 1. The molecule has 1 aliphatic rings. The summed E-state index contributed by atoms with van der Waals surface area (Å²) in [4.78, 5) is 30.2. The second-order valence-electron chi connectivity index (χ2n) is 7.89. The van der Waals surface area contributed by atoms with Gasteiger partial charge >= 0.3 is 6.09 Å². The summed E-state index contributed by atoms with van der Waals surface area (Å²) in [5.41, 5.74) is -0.181. The fourth-order valence-electron chi connectivity index (χ4n) is 3.47. The van der Waals surface area contributed by atoms with Crippen LogP contribution in [0.1, 0.15) is 58.6 Å². The van der Waals surface area contributed by atoms with Crippen LogP contribution in [0.25, 0.3) is 0 Å². The lowest BCUT2D eigenvalue weighted by atomic mass is 9.94. The van der Waals surface area contributed by atoms with E-state index in [9.17, 15) is 19.8 Å². The van der Waals surface area contributed by atoms with E-state index in [4.69, 9.17) is 0 Å². The molecule has 1 unspecified atom stereocenters. The van der Waals surface area contributed by atoms with Crippen LogP contribution in [0.3, 0.4) is 0 Å². The van der Waals surface area contributed by atoms with Crippen molar-refractivity contribution < 1.29 is 19.8 Å². The van der Waals surface area contributed by atoms with Crippen LogP contribution in [-0.4, -0.2) is 49.7 Å². The SMILES string of the molecule is CC(C)(C)N(C(=O)O)C(Cc1ccc(O)cn1)C(=O)NC1CCCCC1. The molecule has 1 aliphatic carbocycles. The molecular formula is C19H29N3O4. The van der Waals surface area contributed by atoms with Crippen molar-refractivity contribution in [3.8, 4) is 5.75 Å². The molecule has 0 aliphatic heterocycles. The average Bonchev–Trinajstić information content (AvgIpc) is 2.55. The number of pyridine rings is 1. The van der Waals surface area contributed by atoms with E-state index in [-0.39, 0.29) is 24.1 Å². The number of hydrogen-bond acceptors (Lipinski definition) is 4. The summed E-state index contributed by atoms with van der Waals surface area (Å²) in [6.45, 7) is 5.31. The van der Waals surface area contributed by atoms with Crippen molar-refractivity contribution >= 4 is 12.0 Å². The Labute approximate surface area is 154 Å². The molecule has 1 atom stereocenters. The van der Waals surface area contributed by atoms with Gasteiger partial charge in [0.05, 0.1) is 6.20 Å². The van der Waals surface area contributed by atoms with Crippen molar-refractivity contribution in [3.05, 3.63) is 24.0 Å². The first-order valence-electron chi connectivity index (χ1n) is 9.15. The summed E-state index contributed by atoms with van der Waals surface area (Å²) in [7, 11) is 0. The van der Waals surface area contributed by atoms with Gasteiger partial charge < -0.3 is 15.5 Å². The summed E-state index contributed by atoms with van der Waals surface area (Å²) in [6, 6.07) is 2.31. The maximum atomic E-state index is 13.0. The third-order valence-corrected chi connectivity index (χ3v) is 4.71. The van der Waals surface area contributed by atoms with Crippen LogP contribution in [0.2, 0.25) is 0 Å². The molecule has 0 radical (unpaired) electrons. The Hall–Kier alpha value is -2.31. The summed E-state index contributed by atoms with van der Waals surface area (Å²) >= 11 is 0. The summed E-state index contributed by atoms with van der Waals surface area (Å²) < 4.78 is 0. The van der Waals surface area contributed by atoms with E-state index in [1.807, 2.05) is 0 Å². The minimum absolute atomic E-state index is 0.0304. The molecule has 26 heavy (non-hydrogen) atoms. The lowest BCUT2D eigenvalue weighted by Gasteiger charge is -2.39.